The van der Waals surface area contributed by atoms with Crippen molar-refractivity contribution in [1.29, 1.82) is 0 Å². The molecule has 0 aliphatic carbocycles. The molecule has 3 aromatic rings. The van der Waals surface area contributed by atoms with Crippen molar-refractivity contribution in [2.45, 2.75) is 38.9 Å². The number of thioether (sulfide) groups is 1. The topological polar surface area (TPSA) is 73.2 Å². The first-order chi connectivity index (χ1) is 14.3. The molecule has 158 valence electrons. The standard InChI is InChI=1S/C23H27N3O3S/c1-14-10-15(2)21(16(3)11-14)25-20(27)13-30-23-24-19-9-7-6-8-18(19)22(28)26(23)17(4)12-29-5/h6-11,17H,12-13H2,1-5H3,(H,25,27)/t17-/m0/s1. The Morgan fingerprint density at radius 3 is 2.53 bits per heavy atom. The third kappa shape index (κ3) is 4.74. The third-order valence-corrected chi connectivity index (χ3v) is 5.85. The van der Waals surface area contributed by atoms with Gasteiger partial charge in [0.15, 0.2) is 5.16 Å². The summed E-state index contributed by atoms with van der Waals surface area (Å²) >= 11 is 1.26. The van der Waals surface area contributed by atoms with Crippen LogP contribution in [-0.2, 0) is 9.53 Å². The zero-order chi connectivity index (χ0) is 21.8. The Balaban J connectivity index is 1.87. The summed E-state index contributed by atoms with van der Waals surface area (Å²) in [5.41, 5.74) is 4.55. The monoisotopic (exact) mass is 425 g/mol. The predicted octanol–water partition coefficient (Wildman–Crippen LogP) is 4.26. The van der Waals surface area contributed by atoms with Crippen LogP contribution in [-0.4, -0.2) is 34.9 Å². The number of hydrogen-bond acceptors (Lipinski definition) is 5. The second kappa shape index (κ2) is 9.45. The number of aromatic nitrogens is 2. The van der Waals surface area contributed by atoms with E-state index in [0.29, 0.717) is 22.7 Å². The maximum absolute atomic E-state index is 13.1. The van der Waals surface area contributed by atoms with E-state index in [1.807, 2.05) is 58.0 Å². The van der Waals surface area contributed by atoms with Crippen LogP contribution >= 0.6 is 11.8 Å². The average Bonchev–Trinajstić information content (AvgIpc) is 2.69. The van der Waals surface area contributed by atoms with E-state index in [2.05, 4.69) is 10.3 Å². The van der Waals surface area contributed by atoms with E-state index in [4.69, 9.17) is 4.74 Å². The van der Waals surface area contributed by atoms with Crippen molar-refractivity contribution < 1.29 is 9.53 Å². The molecule has 2 aromatic carbocycles. The maximum Gasteiger partial charge on any atom is 0.262 e. The second-order valence-corrected chi connectivity index (χ2v) is 8.44. The Bertz CT molecular complexity index is 1120. The maximum atomic E-state index is 13.1. The number of carbonyl (C=O) groups is 1. The highest BCUT2D eigenvalue weighted by atomic mass is 32.2. The van der Waals surface area contributed by atoms with E-state index >= 15 is 0 Å². The molecule has 0 spiro atoms. The summed E-state index contributed by atoms with van der Waals surface area (Å²) in [4.78, 5) is 30.4. The summed E-state index contributed by atoms with van der Waals surface area (Å²) in [6.45, 7) is 8.29. The summed E-state index contributed by atoms with van der Waals surface area (Å²) in [5, 5.41) is 4.07. The number of methoxy groups -OCH3 is 1. The van der Waals surface area contributed by atoms with Crippen LogP contribution in [0.4, 0.5) is 5.69 Å². The first-order valence-electron chi connectivity index (χ1n) is 9.82. The van der Waals surface area contributed by atoms with Crippen molar-refractivity contribution in [2.24, 2.45) is 0 Å². The van der Waals surface area contributed by atoms with Gasteiger partial charge in [0.2, 0.25) is 5.91 Å². The number of amides is 1. The molecule has 0 aliphatic rings. The lowest BCUT2D eigenvalue weighted by molar-refractivity contribution is -0.113. The number of ether oxygens (including phenoxy) is 1. The van der Waals surface area contributed by atoms with Gasteiger partial charge in [0.25, 0.3) is 5.56 Å². The zero-order valence-electron chi connectivity index (χ0n) is 18.0. The first-order valence-corrected chi connectivity index (χ1v) is 10.8. The number of fused-ring (bicyclic) bond motifs is 1. The fourth-order valence-corrected chi connectivity index (χ4v) is 4.51. The molecule has 30 heavy (non-hydrogen) atoms. The SMILES string of the molecule is COC[C@H](C)n1c(SCC(=O)Nc2c(C)cc(C)cc2C)nc2ccccc2c1=O. The van der Waals surface area contributed by atoms with E-state index in [9.17, 15) is 9.59 Å². The molecule has 1 heterocycles. The Morgan fingerprint density at radius 1 is 1.20 bits per heavy atom. The van der Waals surface area contributed by atoms with Gasteiger partial charge in [-0.2, -0.15) is 0 Å². The second-order valence-electron chi connectivity index (χ2n) is 7.50. The molecule has 1 amide bonds. The highest BCUT2D eigenvalue weighted by Crippen LogP contribution is 2.24. The number of carbonyl (C=O) groups excluding carboxylic acids is 1. The number of nitrogens with zero attached hydrogens (tertiary/aromatic N) is 2. The Kier molecular flexibility index (Phi) is 6.95. The number of aryl methyl sites for hydroxylation is 3. The highest BCUT2D eigenvalue weighted by Gasteiger charge is 2.18. The zero-order valence-corrected chi connectivity index (χ0v) is 18.8. The summed E-state index contributed by atoms with van der Waals surface area (Å²) < 4.78 is 6.86. The molecule has 0 aliphatic heterocycles. The number of hydrogen-bond donors (Lipinski definition) is 1. The lowest BCUT2D eigenvalue weighted by Crippen LogP contribution is -2.29. The molecule has 1 N–H and O–H groups in total. The van der Waals surface area contributed by atoms with Gasteiger partial charge >= 0.3 is 0 Å². The molecular weight excluding hydrogens is 398 g/mol. The van der Waals surface area contributed by atoms with Crippen molar-refractivity contribution in [2.75, 3.05) is 24.8 Å². The quantitative estimate of drug-likeness (QED) is 0.452. The minimum absolute atomic E-state index is 0.127. The van der Waals surface area contributed by atoms with Gasteiger partial charge in [0, 0.05) is 12.8 Å². The average molecular weight is 426 g/mol. The molecule has 7 heteroatoms. The number of benzene rings is 2. The summed E-state index contributed by atoms with van der Waals surface area (Å²) in [6, 6.07) is 11.1. The van der Waals surface area contributed by atoms with Gasteiger partial charge in [-0.25, -0.2) is 4.98 Å². The van der Waals surface area contributed by atoms with Gasteiger partial charge in [-0.15, -0.1) is 0 Å². The van der Waals surface area contributed by atoms with Crippen molar-refractivity contribution in [3.05, 3.63) is 63.4 Å². The molecule has 6 nitrogen and oxygen atoms in total. The van der Waals surface area contributed by atoms with Crippen molar-refractivity contribution in [1.82, 2.24) is 9.55 Å². The van der Waals surface area contributed by atoms with E-state index in [0.717, 1.165) is 22.4 Å². The fourth-order valence-electron chi connectivity index (χ4n) is 3.61. The Hall–Kier alpha value is -2.64. The van der Waals surface area contributed by atoms with Crippen LogP contribution in [0.1, 0.15) is 29.7 Å². The largest absolute Gasteiger partial charge is 0.383 e. The van der Waals surface area contributed by atoms with E-state index in [1.54, 1.807) is 17.7 Å². The lowest BCUT2D eigenvalue weighted by Gasteiger charge is -2.19. The number of rotatable bonds is 7. The van der Waals surface area contributed by atoms with Crippen LogP contribution in [0.15, 0.2) is 46.3 Å². The number of para-hydroxylation sites is 1. The fraction of sp³-hybridized carbons (Fsp3) is 0.348. The van der Waals surface area contributed by atoms with E-state index < -0.39 is 0 Å². The van der Waals surface area contributed by atoms with Crippen molar-refractivity contribution in [3.8, 4) is 0 Å². The van der Waals surface area contributed by atoms with Crippen LogP contribution < -0.4 is 10.9 Å². The molecule has 0 radical (unpaired) electrons. The van der Waals surface area contributed by atoms with Gasteiger partial charge in [-0.1, -0.05) is 41.6 Å². The van der Waals surface area contributed by atoms with Crippen molar-refractivity contribution in [3.63, 3.8) is 0 Å². The van der Waals surface area contributed by atoms with Gasteiger partial charge in [-0.05, 0) is 51.0 Å². The Labute approximate surface area is 180 Å². The highest BCUT2D eigenvalue weighted by molar-refractivity contribution is 7.99. The molecular formula is C23H27N3O3S. The van der Waals surface area contributed by atoms with Crippen LogP contribution in [0.25, 0.3) is 10.9 Å². The molecule has 1 aromatic heterocycles. The van der Waals surface area contributed by atoms with Crippen molar-refractivity contribution >= 4 is 34.3 Å². The van der Waals surface area contributed by atoms with Crippen LogP contribution in [0.5, 0.6) is 0 Å². The van der Waals surface area contributed by atoms with Gasteiger partial charge in [0.05, 0.1) is 29.3 Å². The molecule has 3 rings (SSSR count). The smallest absolute Gasteiger partial charge is 0.262 e. The Morgan fingerprint density at radius 2 is 1.87 bits per heavy atom. The molecule has 1 atom stereocenters. The molecule has 0 fully saturated rings. The van der Waals surface area contributed by atoms with E-state index in [-0.39, 0.29) is 23.3 Å². The third-order valence-electron chi connectivity index (χ3n) is 4.90. The lowest BCUT2D eigenvalue weighted by atomic mass is 10.1. The summed E-state index contributed by atoms with van der Waals surface area (Å²) in [5.74, 6) is 0.0143. The summed E-state index contributed by atoms with van der Waals surface area (Å²) in [7, 11) is 1.60. The summed E-state index contributed by atoms with van der Waals surface area (Å²) in [6.07, 6.45) is 0. The van der Waals surface area contributed by atoms with Gasteiger partial charge in [-0.3, -0.25) is 14.2 Å². The normalized spacial score (nSPS) is 12.2. The van der Waals surface area contributed by atoms with Gasteiger partial charge < -0.3 is 10.1 Å². The molecule has 0 saturated heterocycles. The minimum atomic E-state index is -0.202. The molecule has 0 saturated carbocycles. The predicted molar refractivity (Wildman–Crippen MR) is 123 cm³/mol. The van der Waals surface area contributed by atoms with Crippen LogP contribution in [0.3, 0.4) is 0 Å². The number of anilines is 1. The first kappa shape index (κ1) is 22.1. The van der Waals surface area contributed by atoms with Crippen LogP contribution in [0.2, 0.25) is 0 Å². The minimum Gasteiger partial charge on any atom is -0.383 e. The van der Waals surface area contributed by atoms with Crippen LogP contribution in [0, 0.1) is 20.8 Å². The molecule has 0 bridgehead atoms. The number of nitrogens with one attached hydrogen (secondary N) is 1. The van der Waals surface area contributed by atoms with Gasteiger partial charge in [0.1, 0.15) is 0 Å². The van der Waals surface area contributed by atoms with E-state index in [1.165, 1.54) is 11.8 Å². The molecule has 0 unspecified atom stereocenters.